The maximum atomic E-state index is 6.19. The molecule has 94 valence electrons. The van der Waals surface area contributed by atoms with E-state index in [1.54, 1.807) is 6.07 Å². The van der Waals surface area contributed by atoms with Crippen molar-refractivity contribution in [1.82, 2.24) is 0 Å². The van der Waals surface area contributed by atoms with Crippen molar-refractivity contribution in [1.29, 1.82) is 0 Å². The summed E-state index contributed by atoms with van der Waals surface area (Å²) in [6.07, 6.45) is 0. The highest BCUT2D eigenvalue weighted by molar-refractivity contribution is 6.50. The fourth-order valence-corrected chi connectivity index (χ4v) is 2.69. The molecule has 0 heterocycles. The first kappa shape index (κ1) is 13.8. The predicted molar refractivity (Wildman–Crippen MR) is 81.1 cm³/mol. The van der Waals surface area contributed by atoms with Gasteiger partial charge in [-0.1, -0.05) is 52.5 Å². The van der Waals surface area contributed by atoms with E-state index in [0.717, 1.165) is 11.1 Å². The van der Waals surface area contributed by atoms with Crippen LogP contribution in [0.3, 0.4) is 0 Å². The molecule has 0 radical (unpaired) electrons. The Morgan fingerprint density at radius 1 is 0.889 bits per heavy atom. The fourth-order valence-electron chi connectivity index (χ4n) is 1.66. The number of nitrogen functional groups attached to an aromatic ring is 1. The Labute approximate surface area is 125 Å². The Kier molecular flexibility index (Phi) is 3.98. The second-order valence-electron chi connectivity index (χ2n) is 3.91. The molecule has 0 atom stereocenters. The van der Waals surface area contributed by atoms with E-state index in [2.05, 4.69) is 0 Å². The predicted octanol–water partition coefficient (Wildman–Crippen LogP) is 5.86. The summed E-state index contributed by atoms with van der Waals surface area (Å²) in [4.78, 5) is 0. The molecule has 0 saturated heterocycles. The minimum absolute atomic E-state index is 0.371. The Morgan fingerprint density at radius 2 is 1.44 bits per heavy atom. The van der Waals surface area contributed by atoms with Gasteiger partial charge in [0, 0.05) is 11.3 Å². The molecule has 5 heteroatoms. The average Bonchev–Trinajstić information content (AvgIpc) is 2.31. The number of anilines is 1. The lowest BCUT2D eigenvalue weighted by Crippen LogP contribution is -1.91. The highest BCUT2D eigenvalue weighted by Gasteiger charge is 2.16. The lowest BCUT2D eigenvalue weighted by atomic mass is 10.0. The molecule has 0 saturated carbocycles. The summed E-state index contributed by atoms with van der Waals surface area (Å²) in [5.74, 6) is 0. The zero-order chi connectivity index (χ0) is 13.4. The summed E-state index contributed by atoms with van der Waals surface area (Å²) in [6, 6.07) is 7.06. The van der Waals surface area contributed by atoms with Crippen LogP contribution in [0, 0.1) is 6.92 Å². The molecule has 0 bridgehead atoms. The van der Waals surface area contributed by atoms with E-state index >= 15 is 0 Å². The molecule has 0 aromatic heterocycles. The second kappa shape index (κ2) is 5.18. The second-order valence-corrected chi connectivity index (χ2v) is 5.48. The number of rotatable bonds is 1. The van der Waals surface area contributed by atoms with Gasteiger partial charge >= 0.3 is 0 Å². The molecule has 0 aliphatic carbocycles. The third kappa shape index (κ3) is 2.41. The van der Waals surface area contributed by atoms with Gasteiger partial charge < -0.3 is 5.73 Å². The summed E-state index contributed by atoms with van der Waals surface area (Å²) in [5.41, 5.74) is 8.89. The van der Waals surface area contributed by atoms with E-state index in [0.29, 0.717) is 31.3 Å². The molecule has 0 spiro atoms. The first-order chi connectivity index (χ1) is 8.41. The molecule has 2 rings (SSSR count). The molecular weight excluding hydrogens is 312 g/mol. The van der Waals surface area contributed by atoms with Crippen LogP contribution in [-0.2, 0) is 0 Å². The molecule has 0 fully saturated rings. The minimum atomic E-state index is 0.371. The number of nitrogens with two attached hydrogens (primary N) is 1. The summed E-state index contributed by atoms with van der Waals surface area (Å²) < 4.78 is 0. The van der Waals surface area contributed by atoms with Gasteiger partial charge in [-0.25, -0.2) is 0 Å². The van der Waals surface area contributed by atoms with Crippen molar-refractivity contribution in [3.8, 4) is 11.1 Å². The van der Waals surface area contributed by atoms with E-state index in [-0.39, 0.29) is 0 Å². The molecule has 0 amide bonds. The first-order valence-electron chi connectivity index (χ1n) is 5.11. The maximum absolute atomic E-state index is 6.19. The highest BCUT2D eigenvalue weighted by Crippen LogP contribution is 2.43. The third-order valence-corrected chi connectivity index (χ3v) is 4.25. The molecule has 2 N–H and O–H groups in total. The summed E-state index contributed by atoms with van der Waals surface area (Å²) in [5, 5.41) is 1.51. The molecule has 2 aromatic carbocycles. The number of hydrogen-bond donors (Lipinski definition) is 1. The smallest absolute Gasteiger partial charge is 0.0686 e. The van der Waals surface area contributed by atoms with Gasteiger partial charge in [0.05, 0.1) is 20.1 Å². The molecule has 0 aliphatic rings. The van der Waals surface area contributed by atoms with Crippen LogP contribution >= 0.6 is 46.4 Å². The van der Waals surface area contributed by atoms with Gasteiger partial charge in [-0.15, -0.1) is 0 Å². The van der Waals surface area contributed by atoms with Crippen molar-refractivity contribution >= 4 is 52.1 Å². The van der Waals surface area contributed by atoms with Crippen molar-refractivity contribution in [2.45, 2.75) is 6.92 Å². The van der Waals surface area contributed by atoms with Gasteiger partial charge in [0.2, 0.25) is 0 Å². The Hall–Kier alpha value is -0.600. The third-order valence-electron chi connectivity index (χ3n) is 2.67. The van der Waals surface area contributed by atoms with Crippen LogP contribution in [-0.4, -0.2) is 0 Å². The minimum Gasteiger partial charge on any atom is -0.399 e. The van der Waals surface area contributed by atoms with Crippen LogP contribution in [0.2, 0.25) is 20.1 Å². The van der Waals surface area contributed by atoms with E-state index < -0.39 is 0 Å². The van der Waals surface area contributed by atoms with Gasteiger partial charge in [0.15, 0.2) is 0 Å². The first-order valence-corrected chi connectivity index (χ1v) is 6.62. The highest BCUT2D eigenvalue weighted by atomic mass is 35.5. The van der Waals surface area contributed by atoms with Crippen LogP contribution in [0.4, 0.5) is 5.69 Å². The van der Waals surface area contributed by atoms with Gasteiger partial charge in [0.1, 0.15) is 0 Å². The Bertz CT molecular complexity index is 597. The van der Waals surface area contributed by atoms with Crippen molar-refractivity contribution in [3.05, 3.63) is 49.9 Å². The van der Waals surface area contributed by atoms with Crippen molar-refractivity contribution in [3.63, 3.8) is 0 Å². The van der Waals surface area contributed by atoms with E-state index in [9.17, 15) is 0 Å². The Morgan fingerprint density at radius 3 is 1.94 bits per heavy atom. The average molecular weight is 321 g/mol. The molecular formula is C13H9Cl4N. The molecule has 0 aliphatic heterocycles. The van der Waals surface area contributed by atoms with Crippen molar-refractivity contribution in [2.24, 2.45) is 0 Å². The topological polar surface area (TPSA) is 26.0 Å². The molecule has 2 aromatic rings. The SMILES string of the molecule is Cc1cc(-c2c(Cl)c(Cl)cc(Cl)c2Cl)ccc1N. The summed E-state index contributed by atoms with van der Waals surface area (Å²) in [6.45, 7) is 1.91. The lowest BCUT2D eigenvalue weighted by Gasteiger charge is -2.12. The maximum Gasteiger partial charge on any atom is 0.0686 e. The van der Waals surface area contributed by atoms with Crippen molar-refractivity contribution < 1.29 is 0 Å². The fraction of sp³-hybridized carbons (Fsp3) is 0.0769. The van der Waals surface area contributed by atoms with E-state index in [4.69, 9.17) is 52.1 Å². The summed E-state index contributed by atoms with van der Waals surface area (Å²) in [7, 11) is 0. The Balaban J connectivity index is 2.74. The van der Waals surface area contributed by atoms with Gasteiger partial charge in [-0.05, 0) is 36.2 Å². The van der Waals surface area contributed by atoms with Crippen LogP contribution in [0.1, 0.15) is 5.56 Å². The van der Waals surface area contributed by atoms with Crippen LogP contribution < -0.4 is 5.73 Å². The lowest BCUT2D eigenvalue weighted by molar-refractivity contribution is 1.46. The van der Waals surface area contributed by atoms with Crippen LogP contribution in [0.15, 0.2) is 24.3 Å². The molecule has 0 unspecified atom stereocenters. The van der Waals surface area contributed by atoms with Crippen LogP contribution in [0.5, 0.6) is 0 Å². The zero-order valence-electron chi connectivity index (χ0n) is 9.40. The monoisotopic (exact) mass is 319 g/mol. The standard InChI is InChI=1S/C13H9Cl4N/c1-6-4-7(2-3-10(6)18)11-12(16)8(14)5-9(15)13(11)17/h2-5H,18H2,1H3. The van der Waals surface area contributed by atoms with Gasteiger partial charge in [-0.2, -0.15) is 0 Å². The van der Waals surface area contributed by atoms with E-state index in [1.807, 2.05) is 19.1 Å². The summed E-state index contributed by atoms with van der Waals surface area (Å²) >= 11 is 24.4. The quantitative estimate of drug-likeness (QED) is 0.517. The zero-order valence-corrected chi connectivity index (χ0v) is 12.4. The largest absolute Gasteiger partial charge is 0.399 e. The normalized spacial score (nSPS) is 10.7. The van der Waals surface area contributed by atoms with Crippen molar-refractivity contribution in [2.75, 3.05) is 5.73 Å². The van der Waals surface area contributed by atoms with E-state index in [1.165, 1.54) is 6.07 Å². The molecule has 18 heavy (non-hydrogen) atoms. The van der Waals surface area contributed by atoms with Crippen LogP contribution in [0.25, 0.3) is 11.1 Å². The number of benzene rings is 2. The number of halogens is 4. The van der Waals surface area contributed by atoms with Gasteiger partial charge in [0.25, 0.3) is 0 Å². The van der Waals surface area contributed by atoms with Gasteiger partial charge in [-0.3, -0.25) is 0 Å². The number of hydrogen-bond acceptors (Lipinski definition) is 1. The molecule has 1 nitrogen and oxygen atoms in total. The number of aryl methyl sites for hydroxylation is 1.